The number of likely N-dealkylation sites (tertiary alicyclic amines) is 1. The predicted octanol–water partition coefficient (Wildman–Crippen LogP) is 0.751. The van der Waals surface area contributed by atoms with Crippen molar-refractivity contribution < 1.29 is 19.0 Å². The van der Waals surface area contributed by atoms with Crippen LogP contribution in [0.1, 0.15) is 25.7 Å². The van der Waals surface area contributed by atoms with Gasteiger partial charge in [0.1, 0.15) is 0 Å². The standard InChI is InChI=1S/C17H30N2O4/c1-18(2)10-16(20)19-6-5-17(13-19)9-15(12-23-17)22-11-14-3-7-21-8-4-14/h14-15H,3-13H2,1-2H3/t15-,17+/m1/s1. The summed E-state index contributed by atoms with van der Waals surface area (Å²) in [5.74, 6) is 0.823. The summed E-state index contributed by atoms with van der Waals surface area (Å²) in [5.41, 5.74) is -0.164. The van der Waals surface area contributed by atoms with Crippen LogP contribution >= 0.6 is 0 Å². The lowest BCUT2D eigenvalue weighted by molar-refractivity contribution is -0.131. The molecule has 3 rings (SSSR count). The van der Waals surface area contributed by atoms with Crippen molar-refractivity contribution in [3.8, 4) is 0 Å². The first-order chi connectivity index (χ1) is 11.1. The summed E-state index contributed by atoms with van der Waals surface area (Å²) in [4.78, 5) is 16.1. The first kappa shape index (κ1) is 17.1. The fraction of sp³-hybridized carbons (Fsp3) is 0.941. The average Bonchev–Trinajstić information content (AvgIpc) is 3.13. The fourth-order valence-electron chi connectivity index (χ4n) is 3.81. The summed E-state index contributed by atoms with van der Waals surface area (Å²) in [7, 11) is 3.85. The van der Waals surface area contributed by atoms with E-state index in [1.807, 2.05) is 23.9 Å². The molecule has 3 fully saturated rings. The van der Waals surface area contributed by atoms with Gasteiger partial charge in [0, 0.05) is 32.7 Å². The molecule has 6 heteroatoms. The van der Waals surface area contributed by atoms with Gasteiger partial charge in [-0.05, 0) is 39.3 Å². The largest absolute Gasteiger partial charge is 0.381 e. The second-order valence-electron chi connectivity index (χ2n) is 7.51. The van der Waals surface area contributed by atoms with Gasteiger partial charge in [0.2, 0.25) is 5.91 Å². The molecule has 0 radical (unpaired) electrons. The molecule has 23 heavy (non-hydrogen) atoms. The molecular formula is C17H30N2O4. The number of nitrogens with zero attached hydrogens (tertiary/aromatic N) is 2. The van der Waals surface area contributed by atoms with Crippen LogP contribution in [-0.4, -0.2) is 87.6 Å². The van der Waals surface area contributed by atoms with E-state index in [0.29, 0.717) is 19.1 Å². The van der Waals surface area contributed by atoms with E-state index in [9.17, 15) is 4.79 Å². The zero-order chi connectivity index (χ0) is 16.3. The van der Waals surface area contributed by atoms with Gasteiger partial charge in [-0.15, -0.1) is 0 Å². The fourth-order valence-corrected chi connectivity index (χ4v) is 3.81. The lowest BCUT2D eigenvalue weighted by Gasteiger charge is -2.25. The van der Waals surface area contributed by atoms with Gasteiger partial charge >= 0.3 is 0 Å². The summed E-state index contributed by atoms with van der Waals surface area (Å²) < 4.78 is 17.6. The molecule has 3 heterocycles. The van der Waals surface area contributed by atoms with Gasteiger partial charge in [-0.25, -0.2) is 0 Å². The number of hydrogen-bond acceptors (Lipinski definition) is 5. The summed E-state index contributed by atoms with van der Waals surface area (Å²) >= 11 is 0. The number of ether oxygens (including phenoxy) is 3. The van der Waals surface area contributed by atoms with Crippen LogP contribution in [0.2, 0.25) is 0 Å². The molecule has 0 N–H and O–H groups in total. The van der Waals surface area contributed by atoms with Crippen LogP contribution in [0.25, 0.3) is 0 Å². The Labute approximate surface area is 139 Å². The zero-order valence-electron chi connectivity index (χ0n) is 14.5. The van der Waals surface area contributed by atoms with Crippen LogP contribution in [-0.2, 0) is 19.0 Å². The van der Waals surface area contributed by atoms with Crippen molar-refractivity contribution in [3.63, 3.8) is 0 Å². The lowest BCUT2D eigenvalue weighted by atomic mass is 9.98. The van der Waals surface area contributed by atoms with Crippen molar-refractivity contribution in [1.82, 2.24) is 9.80 Å². The molecule has 0 aromatic carbocycles. The van der Waals surface area contributed by atoms with Gasteiger partial charge in [0.15, 0.2) is 0 Å². The highest BCUT2D eigenvalue weighted by Gasteiger charge is 2.47. The number of likely N-dealkylation sites (N-methyl/N-ethyl adjacent to an activating group) is 1. The maximum absolute atomic E-state index is 12.2. The van der Waals surface area contributed by atoms with Crippen LogP contribution in [0.5, 0.6) is 0 Å². The van der Waals surface area contributed by atoms with Gasteiger partial charge < -0.3 is 24.0 Å². The first-order valence-electron chi connectivity index (χ1n) is 8.82. The Balaban J connectivity index is 1.43. The third kappa shape index (κ3) is 4.44. The van der Waals surface area contributed by atoms with E-state index >= 15 is 0 Å². The van der Waals surface area contributed by atoms with E-state index < -0.39 is 0 Å². The van der Waals surface area contributed by atoms with Crippen molar-refractivity contribution in [2.24, 2.45) is 5.92 Å². The number of carbonyl (C=O) groups is 1. The highest BCUT2D eigenvalue weighted by atomic mass is 16.6. The van der Waals surface area contributed by atoms with Crippen LogP contribution in [0, 0.1) is 5.92 Å². The Hall–Kier alpha value is -0.690. The maximum Gasteiger partial charge on any atom is 0.236 e. The van der Waals surface area contributed by atoms with E-state index in [1.165, 1.54) is 0 Å². The normalized spacial score (nSPS) is 32.3. The van der Waals surface area contributed by atoms with E-state index in [1.54, 1.807) is 0 Å². The zero-order valence-corrected chi connectivity index (χ0v) is 14.5. The lowest BCUT2D eigenvalue weighted by Crippen LogP contribution is -2.40. The van der Waals surface area contributed by atoms with Crippen LogP contribution in [0.3, 0.4) is 0 Å². The topological polar surface area (TPSA) is 51.2 Å². The van der Waals surface area contributed by atoms with E-state index in [2.05, 4.69) is 0 Å². The molecule has 2 atom stereocenters. The molecule has 0 saturated carbocycles. The van der Waals surface area contributed by atoms with E-state index in [0.717, 1.165) is 58.6 Å². The van der Waals surface area contributed by atoms with Gasteiger partial charge in [0.25, 0.3) is 0 Å². The van der Waals surface area contributed by atoms with Gasteiger partial charge in [0.05, 0.1) is 31.5 Å². The molecule has 3 saturated heterocycles. The number of rotatable bonds is 5. The highest BCUT2D eigenvalue weighted by molar-refractivity contribution is 5.78. The molecule has 1 amide bonds. The Kier molecular flexibility index (Phi) is 5.57. The van der Waals surface area contributed by atoms with E-state index in [4.69, 9.17) is 14.2 Å². The summed E-state index contributed by atoms with van der Waals surface area (Å²) in [6.07, 6.45) is 4.24. The molecule has 6 nitrogen and oxygen atoms in total. The van der Waals surface area contributed by atoms with Gasteiger partial charge in [-0.2, -0.15) is 0 Å². The minimum absolute atomic E-state index is 0.164. The molecule has 1 spiro atoms. The Morgan fingerprint density at radius 3 is 2.87 bits per heavy atom. The van der Waals surface area contributed by atoms with Crippen molar-refractivity contribution in [2.75, 3.05) is 60.2 Å². The van der Waals surface area contributed by atoms with Gasteiger partial charge in [-0.1, -0.05) is 0 Å². The smallest absolute Gasteiger partial charge is 0.236 e. The molecule has 132 valence electrons. The Bertz CT molecular complexity index is 411. The summed E-state index contributed by atoms with van der Waals surface area (Å²) in [6, 6.07) is 0. The second-order valence-corrected chi connectivity index (χ2v) is 7.51. The van der Waals surface area contributed by atoms with Crippen molar-refractivity contribution >= 4 is 5.91 Å². The van der Waals surface area contributed by atoms with Crippen molar-refractivity contribution in [1.29, 1.82) is 0 Å². The van der Waals surface area contributed by atoms with Crippen LogP contribution in [0.15, 0.2) is 0 Å². The quantitative estimate of drug-likeness (QED) is 0.746. The molecule has 3 aliphatic rings. The van der Waals surface area contributed by atoms with Crippen molar-refractivity contribution in [3.05, 3.63) is 0 Å². The minimum Gasteiger partial charge on any atom is -0.381 e. The first-order valence-corrected chi connectivity index (χ1v) is 8.82. The molecule has 0 aromatic heterocycles. The maximum atomic E-state index is 12.2. The Morgan fingerprint density at radius 2 is 2.13 bits per heavy atom. The molecular weight excluding hydrogens is 296 g/mol. The SMILES string of the molecule is CN(C)CC(=O)N1CC[C@]2(C[C@@H](OCC3CCOCC3)CO2)C1. The molecule has 0 aromatic rings. The number of carbonyl (C=O) groups excluding carboxylic acids is 1. The van der Waals surface area contributed by atoms with E-state index in [-0.39, 0.29) is 17.6 Å². The second kappa shape index (κ2) is 7.47. The summed E-state index contributed by atoms with van der Waals surface area (Å²) in [5, 5.41) is 0. The third-order valence-corrected chi connectivity index (χ3v) is 5.20. The monoisotopic (exact) mass is 326 g/mol. The average molecular weight is 326 g/mol. The number of amides is 1. The molecule has 0 unspecified atom stereocenters. The van der Waals surface area contributed by atoms with Crippen LogP contribution < -0.4 is 0 Å². The minimum atomic E-state index is -0.164. The van der Waals surface area contributed by atoms with Crippen LogP contribution in [0.4, 0.5) is 0 Å². The number of hydrogen-bond donors (Lipinski definition) is 0. The predicted molar refractivity (Wildman–Crippen MR) is 86.3 cm³/mol. The Morgan fingerprint density at radius 1 is 1.35 bits per heavy atom. The highest BCUT2D eigenvalue weighted by Crippen LogP contribution is 2.36. The third-order valence-electron chi connectivity index (χ3n) is 5.20. The van der Waals surface area contributed by atoms with Crippen molar-refractivity contribution in [2.45, 2.75) is 37.4 Å². The molecule has 0 aliphatic carbocycles. The summed E-state index contributed by atoms with van der Waals surface area (Å²) in [6.45, 7) is 5.20. The van der Waals surface area contributed by atoms with Gasteiger partial charge in [-0.3, -0.25) is 4.79 Å². The molecule has 3 aliphatic heterocycles. The molecule has 0 bridgehead atoms.